The molecule has 0 aliphatic carbocycles. The van der Waals surface area contributed by atoms with Crippen LogP contribution < -0.4 is 4.74 Å². The number of halogens is 3. The lowest BCUT2D eigenvalue weighted by Crippen LogP contribution is -2.05. The molecule has 0 spiro atoms. The highest BCUT2D eigenvalue weighted by Crippen LogP contribution is 2.35. The maximum Gasteiger partial charge on any atom is 0.197 e. The highest BCUT2D eigenvalue weighted by atomic mass is 79.9. The summed E-state index contributed by atoms with van der Waals surface area (Å²) in [6.45, 7) is 0.619. The van der Waals surface area contributed by atoms with Crippen molar-refractivity contribution in [2.24, 2.45) is 0 Å². The predicted molar refractivity (Wildman–Crippen MR) is 85.9 cm³/mol. The first-order valence-corrected chi connectivity index (χ1v) is 7.97. The van der Waals surface area contributed by atoms with E-state index in [4.69, 9.17) is 16.3 Å². The van der Waals surface area contributed by atoms with Gasteiger partial charge in [-0.2, -0.15) is 0 Å². The van der Waals surface area contributed by atoms with E-state index >= 15 is 0 Å². The van der Waals surface area contributed by atoms with Crippen LogP contribution in [-0.4, -0.2) is 12.4 Å². The zero-order valence-corrected chi connectivity index (χ0v) is 14.2. The van der Waals surface area contributed by atoms with Gasteiger partial charge in [-0.05, 0) is 51.8 Å². The second-order valence-corrected chi connectivity index (χ2v) is 6.70. The van der Waals surface area contributed by atoms with E-state index in [1.54, 1.807) is 24.3 Å². The maximum atomic E-state index is 12.7. The Morgan fingerprint density at radius 3 is 2.70 bits per heavy atom. The summed E-state index contributed by atoms with van der Waals surface area (Å²) in [6, 6.07) is 8.94. The van der Waals surface area contributed by atoms with Crippen LogP contribution in [0, 0.1) is 0 Å². The van der Waals surface area contributed by atoms with Crippen molar-refractivity contribution in [1.82, 2.24) is 0 Å². The smallest absolute Gasteiger partial charge is 0.197 e. The number of benzene rings is 2. The van der Waals surface area contributed by atoms with Crippen LogP contribution in [0.3, 0.4) is 0 Å². The Balaban J connectivity index is 2.11. The van der Waals surface area contributed by atoms with Crippen LogP contribution in [0.15, 0.2) is 39.3 Å². The van der Waals surface area contributed by atoms with Gasteiger partial charge in [0.15, 0.2) is 5.78 Å². The van der Waals surface area contributed by atoms with Crippen LogP contribution >= 0.6 is 43.5 Å². The molecular weight excluding hydrogens is 407 g/mol. The highest BCUT2D eigenvalue weighted by molar-refractivity contribution is 9.10. The number of fused-ring (bicyclic) bond motifs is 1. The third kappa shape index (κ3) is 2.52. The van der Waals surface area contributed by atoms with Gasteiger partial charge in [0.1, 0.15) is 5.75 Å². The van der Waals surface area contributed by atoms with E-state index in [1.807, 2.05) is 6.07 Å². The summed E-state index contributed by atoms with van der Waals surface area (Å²) in [5.41, 5.74) is 2.22. The summed E-state index contributed by atoms with van der Waals surface area (Å²) in [5, 5.41) is 0.587. The largest absolute Gasteiger partial charge is 0.492 e. The van der Waals surface area contributed by atoms with E-state index < -0.39 is 0 Å². The molecule has 0 amide bonds. The lowest BCUT2D eigenvalue weighted by molar-refractivity contribution is 0.103. The molecule has 0 aromatic heterocycles. The molecule has 0 radical (unpaired) electrons. The monoisotopic (exact) mass is 414 g/mol. The van der Waals surface area contributed by atoms with Crippen molar-refractivity contribution >= 4 is 49.2 Å². The number of ether oxygens (including phenoxy) is 1. The van der Waals surface area contributed by atoms with Crippen LogP contribution in [0.25, 0.3) is 0 Å². The molecule has 0 unspecified atom stereocenters. The number of carbonyl (C=O) groups excluding carboxylic acids is 1. The number of rotatable bonds is 2. The van der Waals surface area contributed by atoms with Crippen molar-refractivity contribution in [2.45, 2.75) is 6.42 Å². The number of carbonyl (C=O) groups is 1. The molecule has 0 N–H and O–H groups in total. The van der Waals surface area contributed by atoms with Crippen molar-refractivity contribution in [3.8, 4) is 5.75 Å². The average Bonchev–Trinajstić information content (AvgIpc) is 2.85. The molecule has 20 heavy (non-hydrogen) atoms. The zero-order chi connectivity index (χ0) is 14.3. The molecule has 102 valence electrons. The van der Waals surface area contributed by atoms with Crippen molar-refractivity contribution in [3.05, 3.63) is 61.0 Å². The maximum absolute atomic E-state index is 12.7. The van der Waals surface area contributed by atoms with Gasteiger partial charge in [-0.3, -0.25) is 4.79 Å². The van der Waals surface area contributed by atoms with Crippen LogP contribution in [-0.2, 0) is 6.42 Å². The summed E-state index contributed by atoms with van der Waals surface area (Å²) < 4.78 is 7.17. The average molecular weight is 416 g/mol. The Morgan fingerprint density at radius 2 is 1.95 bits per heavy atom. The van der Waals surface area contributed by atoms with Crippen LogP contribution in [0.4, 0.5) is 0 Å². The SMILES string of the molecule is O=C(c1ccc(Cl)cc1Br)c1cc(Br)cc2c1OCC2. The van der Waals surface area contributed by atoms with Crippen LogP contribution in [0.1, 0.15) is 21.5 Å². The minimum Gasteiger partial charge on any atom is -0.492 e. The predicted octanol–water partition coefficient (Wildman–Crippen LogP) is 5.03. The summed E-state index contributed by atoms with van der Waals surface area (Å²) in [6.07, 6.45) is 0.830. The first-order chi connectivity index (χ1) is 9.56. The third-order valence-electron chi connectivity index (χ3n) is 3.17. The van der Waals surface area contributed by atoms with Crippen molar-refractivity contribution in [3.63, 3.8) is 0 Å². The van der Waals surface area contributed by atoms with Crippen molar-refractivity contribution in [2.75, 3.05) is 6.61 Å². The molecule has 3 rings (SSSR count). The van der Waals surface area contributed by atoms with E-state index in [1.165, 1.54) is 0 Å². The molecular formula is C15H9Br2ClO2. The van der Waals surface area contributed by atoms with E-state index in [-0.39, 0.29) is 5.78 Å². The Morgan fingerprint density at radius 1 is 1.15 bits per heavy atom. The second kappa shape index (κ2) is 5.51. The minimum absolute atomic E-state index is 0.0759. The van der Waals surface area contributed by atoms with Crippen LogP contribution in [0.5, 0.6) is 5.75 Å². The Labute approximate surface area is 138 Å². The molecule has 0 bridgehead atoms. The lowest BCUT2D eigenvalue weighted by Gasteiger charge is -2.09. The third-order valence-corrected chi connectivity index (χ3v) is 4.52. The van der Waals surface area contributed by atoms with Gasteiger partial charge in [-0.1, -0.05) is 27.5 Å². The second-order valence-electron chi connectivity index (χ2n) is 4.49. The minimum atomic E-state index is -0.0759. The number of hydrogen-bond acceptors (Lipinski definition) is 2. The fourth-order valence-corrected chi connectivity index (χ4v) is 3.62. The Hall–Kier alpha value is -0.840. The molecule has 2 aromatic carbocycles. The lowest BCUT2D eigenvalue weighted by atomic mass is 10.00. The fraction of sp³-hybridized carbons (Fsp3) is 0.133. The standard InChI is InChI=1S/C15H9Br2ClO2/c16-9-5-8-3-4-20-15(8)12(6-9)14(19)11-2-1-10(18)7-13(11)17/h1-2,5-7H,3-4H2. The normalized spacial score (nSPS) is 12.9. The Kier molecular flexibility index (Phi) is 3.89. The topological polar surface area (TPSA) is 26.3 Å². The summed E-state index contributed by atoms with van der Waals surface area (Å²) in [5.74, 6) is 0.619. The van der Waals surface area contributed by atoms with Crippen LogP contribution in [0.2, 0.25) is 5.02 Å². The molecule has 0 atom stereocenters. The summed E-state index contributed by atoms with van der Waals surface area (Å²) in [7, 11) is 0. The van der Waals surface area contributed by atoms with E-state index in [2.05, 4.69) is 31.9 Å². The van der Waals surface area contributed by atoms with Gasteiger partial charge < -0.3 is 4.74 Å². The van der Waals surface area contributed by atoms with Crippen molar-refractivity contribution < 1.29 is 9.53 Å². The molecule has 2 nitrogen and oxygen atoms in total. The highest BCUT2D eigenvalue weighted by Gasteiger charge is 2.23. The first kappa shape index (κ1) is 14.1. The zero-order valence-electron chi connectivity index (χ0n) is 10.3. The molecule has 0 saturated heterocycles. The summed E-state index contributed by atoms with van der Waals surface area (Å²) in [4.78, 5) is 12.7. The fourth-order valence-electron chi connectivity index (χ4n) is 2.26. The quantitative estimate of drug-likeness (QED) is 0.642. The van der Waals surface area contributed by atoms with Gasteiger partial charge in [-0.15, -0.1) is 0 Å². The van der Waals surface area contributed by atoms with Gasteiger partial charge in [0.2, 0.25) is 0 Å². The number of ketones is 1. The van der Waals surface area contributed by atoms with Gasteiger partial charge in [0.05, 0.1) is 12.2 Å². The summed E-state index contributed by atoms with van der Waals surface area (Å²) >= 11 is 12.7. The Bertz CT molecular complexity index is 713. The van der Waals surface area contributed by atoms with E-state index in [9.17, 15) is 4.79 Å². The van der Waals surface area contributed by atoms with Gasteiger partial charge >= 0.3 is 0 Å². The number of hydrogen-bond donors (Lipinski definition) is 0. The van der Waals surface area contributed by atoms with E-state index in [0.29, 0.717) is 33.0 Å². The molecule has 5 heteroatoms. The molecule has 0 saturated carbocycles. The van der Waals surface area contributed by atoms with Gasteiger partial charge in [-0.25, -0.2) is 0 Å². The molecule has 1 aliphatic heterocycles. The van der Waals surface area contributed by atoms with Gasteiger partial charge in [0.25, 0.3) is 0 Å². The first-order valence-electron chi connectivity index (χ1n) is 6.01. The molecule has 1 aliphatic rings. The van der Waals surface area contributed by atoms with E-state index in [0.717, 1.165) is 16.5 Å². The van der Waals surface area contributed by atoms with Crippen molar-refractivity contribution in [1.29, 1.82) is 0 Å². The molecule has 2 aromatic rings. The molecule has 1 heterocycles. The van der Waals surface area contributed by atoms with Gasteiger partial charge in [0, 0.05) is 26.0 Å². The molecule has 0 fully saturated rings.